The van der Waals surface area contributed by atoms with Crippen molar-refractivity contribution < 1.29 is 35.4 Å². The molecule has 2 unspecified atom stereocenters. The van der Waals surface area contributed by atoms with E-state index < -0.39 is 37.3 Å². The number of aliphatic hydroxyl groups excluding tert-OH is 6. The van der Waals surface area contributed by atoms with Gasteiger partial charge in [-0.1, -0.05) is 200 Å². The highest BCUT2D eigenvalue weighted by atomic mass is 16.6. The molecule has 7 nitrogen and oxygen atoms in total. The van der Waals surface area contributed by atoms with Crippen molar-refractivity contribution >= 4 is 0 Å². The first-order chi connectivity index (χ1) is 22.9. The first-order valence-corrected chi connectivity index (χ1v) is 20.6. The Morgan fingerprint density at radius 2 is 0.681 bits per heavy atom. The lowest BCUT2D eigenvalue weighted by Gasteiger charge is -2.37. The molecule has 0 aromatic heterocycles. The van der Waals surface area contributed by atoms with Crippen LogP contribution in [0, 0.1) is 0 Å². The van der Waals surface area contributed by atoms with E-state index in [1.807, 2.05) is 0 Å². The van der Waals surface area contributed by atoms with Crippen molar-refractivity contribution in [2.45, 2.75) is 250 Å². The average molecular weight is 675 g/mol. The summed E-state index contributed by atoms with van der Waals surface area (Å²) in [7, 11) is 0. The van der Waals surface area contributed by atoms with Gasteiger partial charge in [0.05, 0.1) is 12.7 Å². The normalized spacial score (nSPS) is 21.8. The highest BCUT2D eigenvalue weighted by Crippen LogP contribution is 2.20. The van der Waals surface area contributed by atoms with Gasteiger partial charge in [0.25, 0.3) is 0 Å². The average Bonchev–Trinajstić information content (AvgIpc) is 3.07. The SMILES string of the molecule is CCCCCCCCCCCCCCCCCC(O)CCCCCCCCCCCCCCCC.OC[C@H]1OC(O)[C@H](O)[C@@H](O)[C@@H]1O. The lowest BCUT2D eigenvalue weighted by atomic mass is 10.00. The molecule has 1 aliphatic heterocycles. The molecule has 0 amide bonds. The molecule has 0 aromatic rings. The topological polar surface area (TPSA) is 131 Å². The minimum Gasteiger partial charge on any atom is -0.394 e. The van der Waals surface area contributed by atoms with Crippen LogP contribution >= 0.6 is 0 Å². The molecule has 284 valence electrons. The van der Waals surface area contributed by atoms with Crippen LogP contribution in [-0.4, -0.2) is 74.1 Å². The number of rotatable bonds is 32. The third-order valence-corrected chi connectivity index (χ3v) is 9.90. The maximum atomic E-state index is 10.2. The highest BCUT2D eigenvalue weighted by Gasteiger charge is 2.42. The maximum Gasteiger partial charge on any atom is 0.184 e. The van der Waals surface area contributed by atoms with Gasteiger partial charge in [0.1, 0.15) is 24.4 Å². The van der Waals surface area contributed by atoms with Crippen LogP contribution < -0.4 is 0 Å². The fraction of sp³-hybridized carbons (Fsp3) is 1.00. The van der Waals surface area contributed by atoms with Gasteiger partial charge in [-0.25, -0.2) is 0 Å². The molecule has 1 aliphatic rings. The molecule has 1 saturated heterocycles. The van der Waals surface area contributed by atoms with E-state index in [2.05, 4.69) is 18.6 Å². The lowest BCUT2D eigenvalue weighted by Crippen LogP contribution is -2.58. The van der Waals surface area contributed by atoms with Crippen molar-refractivity contribution in [2.75, 3.05) is 6.61 Å². The minimum absolute atomic E-state index is 0.0331. The zero-order chi connectivity index (χ0) is 34.8. The van der Waals surface area contributed by atoms with Crippen LogP contribution in [0.25, 0.3) is 0 Å². The molecular formula is C40H82O7. The van der Waals surface area contributed by atoms with Crippen LogP contribution in [0.3, 0.4) is 0 Å². The van der Waals surface area contributed by atoms with Gasteiger partial charge in [-0.15, -0.1) is 0 Å². The zero-order valence-corrected chi connectivity index (χ0v) is 31.2. The van der Waals surface area contributed by atoms with Crippen LogP contribution in [0.4, 0.5) is 0 Å². The monoisotopic (exact) mass is 675 g/mol. The minimum atomic E-state index is -1.57. The fourth-order valence-corrected chi connectivity index (χ4v) is 6.55. The van der Waals surface area contributed by atoms with E-state index in [9.17, 15) is 5.11 Å². The van der Waals surface area contributed by atoms with Crippen molar-refractivity contribution in [1.82, 2.24) is 0 Å². The Kier molecular flexibility index (Phi) is 35.3. The van der Waals surface area contributed by atoms with Gasteiger partial charge >= 0.3 is 0 Å². The van der Waals surface area contributed by atoms with Gasteiger partial charge in [0.15, 0.2) is 6.29 Å². The number of unbranched alkanes of at least 4 members (excludes halogenated alkanes) is 27. The van der Waals surface area contributed by atoms with E-state index in [-0.39, 0.29) is 6.10 Å². The van der Waals surface area contributed by atoms with E-state index in [0.29, 0.717) is 0 Å². The summed E-state index contributed by atoms with van der Waals surface area (Å²) in [4.78, 5) is 0. The summed E-state index contributed by atoms with van der Waals surface area (Å²) in [6.07, 6.45) is 36.0. The largest absolute Gasteiger partial charge is 0.394 e. The zero-order valence-electron chi connectivity index (χ0n) is 31.2. The summed E-state index contributed by atoms with van der Waals surface area (Å²) in [6.45, 7) is 4.07. The highest BCUT2D eigenvalue weighted by molar-refractivity contribution is 4.88. The van der Waals surface area contributed by atoms with E-state index in [0.717, 1.165) is 12.8 Å². The van der Waals surface area contributed by atoms with Gasteiger partial charge in [-0.3, -0.25) is 0 Å². The Morgan fingerprint density at radius 3 is 0.957 bits per heavy atom. The molecule has 0 bridgehead atoms. The summed E-state index contributed by atoms with van der Waals surface area (Å²) in [6, 6.07) is 0. The predicted octanol–water partition coefficient (Wildman–Crippen LogP) is 9.26. The molecule has 0 saturated carbocycles. The second-order valence-electron chi connectivity index (χ2n) is 14.5. The molecule has 6 atom stereocenters. The molecule has 7 heteroatoms. The van der Waals surface area contributed by atoms with Gasteiger partial charge < -0.3 is 35.4 Å². The van der Waals surface area contributed by atoms with Gasteiger partial charge in [-0.05, 0) is 12.8 Å². The Hall–Kier alpha value is -0.280. The van der Waals surface area contributed by atoms with Crippen LogP contribution in [-0.2, 0) is 4.74 Å². The summed E-state index contributed by atoms with van der Waals surface area (Å²) in [5.41, 5.74) is 0. The van der Waals surface area contributed by atoms with E-state index >= 15 is 0 Å². The Balaban J connectivity index is 0.00000146. The fourth-order valence-electron chi connectivity index (χ4n) is 6.55. The van der Waals surface area contributed by atoms with E-state index in [1.165, 1.54) is 186 Å². The third-order valence-electron chi connectivity index (χ3n) is 9.90. The quantitative estimate of drug-likeness (QED) is 0.0392. The molecule has 1 fully saturated rings. The molecule has 6 N–H and O–H groups in total. The molecule has 1 heterocycles. The van der Waals surface area contributed by atoms with Crippen LogP contribution in [0.15, 0.2) is 0 Å². The first-order valence-electron chi connectivity index (χ1n) is 20.6. The summed E-state index contributed by atoms with van der Waals surface area (Å²) in [5, 5.41) is 54.9. The molecule has 47 heavy (non-hydrogen) atoms. The third kappa shape index (κ3) is 29.2. The Bertz CT molecular complexity index is 602. The van der Waals surface area contributed by atoms with Crippen LogP contribution in [0.2, 0.25) is 0 Å². The molecule has 0 spiro atoms. The van der Waals surface area contributed by atoms with E-state index in [1.54, 1.807) is 0 Å². The van der Waals surface area contributed by atoms with E-state index in [4.69, 9.17) is 25.5 Å². The van der Waals surface area contributed by atoms with Gasteiger partial charge in [0, 0.05) is 0 Å². The van der Waals surface area contributed by atoms with Crippen molar-refractivity contribution in [2.24, 2.45) is 0 Å². The van der Waals surface area contributed by atoms with Crippen molar-refractivity contribution in [1.29, 1.82) is 0 Å². The van der Waals surface area contributed by atoms with Crippen molar-refractivity contribution in [3.8, 4) is 0 Å². The van der Waals surface area contributed by atoms with Gasteiger partial charge in [-0.2, -0.15) is 0 Å². The molecule has 0 aromatic carbocycles. The van der Waals surface area contributed by atoms with Crippen molar-refractivity contribution in [3.63, 3.8) is 0 Å². The lowest BCUT2D eigenvalue weighted by molar-refractivity contribution is -0.286. The number of hydrogen-bond acceptors (Lipinski definition) is 7. The second-order valence-corrected chi connectivity index (χ2v) is 14.5. The number of hydrogen-bond donors (Lipinski definition) is 6. The number of ether oxygens (including phenoxy) is 1. The van der Waals surface area contributed by atoms with Gasteiger partial charge in [0.2, 0.25) is 0 Å². The Labute approximate surface area is 291 Å². The first kappa shape index (κ1) is 46.7. The molecule has 1 rings (SSSR count). The summed E-state index contributed by atoms with van der Waals surface area (Å²) >= 11 is 0. The second kappa shape index (κ2) is 35.5. The smallest absolute Gasteiger partial charge is 0.184 e. The van der Waals surface area contributed by atoms with Crippen LogP contribution in [0.1, 0.15) is 213 Å². The van der Waals surface area contributed by atoms with Crippen LogP contribution in [0.5, 0.6) is 0 Å². The predicted molar refractivity (Wildman–Crippen MR) is 196 cm³/mol. The van der Waals surface area contributed by atoms with Crippen molar-refractivity contribution in [3.05, 3.63) is 0 Å². The standard InChI is InChI=1S/C34H70O.C6H12O6/c1-3-5-7-9-11-13-15-17-19-21-23-25-27-29-31-33-34(35)32-30-28-26-24-22-20-18-16-14-12-10-8-6-4-2;7-1-2-3(8)4(9)5(10)6(11)12-2/h34-35H,3-33H2,1-2H3;2-11H,1H2/t;2-,3-,4+,5-,6?/m.1/s1. The molecular weight excluding hydrogens is 592 g/mol. The summed E-state index contributed by atoms with van der Waals surface area (Å²) < 4.78 is 4.58. The Morgan fingerprint density at radius 1 is 0.404 bits per heavy atom. The molecule has 0 aliphatic carbocycles. The summed E-state index contributed by atoms with van der Waals surface area (Å²) in [5.74, 6) is 0. The number of aliphatic hydroxyl groups is 6. The molecule has 0 radical (unpaired) electrons. The maximum absolute atomic E-state index is 10.2.